The van der Waals surface area contributed by atoms with Crippen molar-refractivity contribution in [3.05, 3.63) is 84.4 Å². The van der Waals surface area contributed by atoms with Crippen molar-refractivity contribution in [2.24, 2.45) is 19.8 Å². The smallest absolute Gasteiger partial charge is 0.272 e. The highest BCUT2D eigenvalue weighted by molar-refractivity contribution is 6.04. The van der Waals surface area contributed by atoms with Crippen molar-refractivity contribution in [3.8, 4) is 22.3 Å². The van der Waals surface area contributed by atoms with Crippen LogP contribution >= 0.6 is 0 Å². The normalized spacial score (nSPS) is 10.8. The minimum Gasteiger partial charge on any atom is -0.399 e. The van der Waals surface area contributed by atoms with Crippen LogP contribution in [-0.2, 0) is 14.1 Å². The van der Waals surface area contributed by atoms with Crippen molar-refractivity contribution in [2.45, 2.75) is 0 Å². The maximum absolute atomic E-state index is 12.7. The first kappa shape index (κ1) is 20.0. The fourth-order valence-corrected chi connectivity index (χ4v) is 3.62. The third-order valence-corrected chi connectivity index (χ3v) is 5.24. The van der Waals surface area contributed by atoms with Gasteiger partial charge in [0.05, 0.1) is 0 Å². The first-order valence-corrected chi connectivity index (χ1v) is 9.72. The van der Waals surface area contributed by atoms with Gasteiger partial charge in [0.25, 0.3) is 11.8 Å². The molecule has 0 atom stereocenters. The van der Waals surface area contributed by atoms with Crippen molar-refractivity contribution in [1.82, 2.24) is 9.13 Å². The molecule has 5 N–H and O–H groups in total. The molecule has 7 nitrogen and oxygen atoms in total. The van der Waals surface area contributed by atoms with Gasteiger partial charge >= 0.3 is 0 Å². The number of carbonyl (C=O) groups is 2. The predicted molar refractivity (Wildman–Crippen MR) is 123 cm³/mol. The number of primary amides is 1. The Labute approximate surface area is 179 Å². The molecule has 0 aliphatic rings. The van der Waals surface area contributed by atoms with Gasteiger partial charge in [0, 0.05) is 49.0 Å². The summed E-state index contributed by atoms with van der Waals surface area (Å²) < 4.78 is 3.51. The summed E-state index contributed by atoms with van der Waals surface area (Å²) in [5.74, 6) is -0.670. The molecule has 0 saturated carbocycles. The Hall–Kier alpha value is -4.26. The Balaban J connectivity index is 1.58. The first-order valence-electron chi connectivity index (χ1n) is 9.72. The van der Waals surface area contributed by atoms with E-state index in [-0.39, 0.29) is 5.91 Å². The van der Waals surface area contributed by atoms with Crippen LogP contribution in [0.4, 0.5) is 11.4 Å². The molecule has 0 bridgehead atoms. The lowest BCUT2D eigenvalue weighted by molar-refractivity contribution is 0.0990. The quantitative estimate of drug-likeness (QED) is 0.435. The summed E-state index contributed by atoms with van der Waals surface area (Å²) in [6.07, 6.45) is 3.72. The highest BCUT2D eigenvalue weighted by atomic mass is 16.2. The minimum absolute atomic E-state index is 0.203. The second kappa shape index (κ2) is 7.87. The zero-order valence-electron chi connectivity index (χ0n) is 17.3. The second-order valence-electron chi connectivity index (χ2n) is 7.43. The van der Waals surface area contributed by atoms with Crippen LogP contribution in [0.2, 0.25) is 0 Å². The van der Waals surface area contributed by atoms with Gasteiger partial charge in [-0.05, 0) is 47.5 Å². The number of rotatable bonds is 5. The number of hydrogen-bond donors (Lipinski definition) is 3. The largest absolute Gasteiger partial charge is 0.399 e. The lowest BCUT2D eigenvalue weighted by atomic mass is 10.0. The van der Waals surface area contributed by atoms with Crippen LogP contribution < -0.4 is 16.8 Å². The zero-order chi connectivity index (χ0) is 22.1. The molecule has 2 heterocycles. The molecule has 0 aliphatic carbocycles. The van der Waals surface area contributed by atoms with Crippen molar-refractivity contribution in [3.63, 3.8) is 0 Å². The maximum Gasteiger partial charge on any atom is 0.272 e. The molecule has 156 valence electrons. The Bertz CT molecular complexity index is 1260. The molecule has 0 radical (unpaired) electrons. The van der Waals surface area contributed by atoms with Crippen LogP contribution in [0.1, 0.15) is 21.0 Å². The van der Waals surface area contributed by atoms with Gasteiger partial charge in [-0.25, -0.2) is 0 Å². The number of aromatic nitrogens is 2. The monoisotopic (exact) mass is 413 g/mol. The summed E-state index contributed by atoms with van der Waals surface area (Å²) in [5, 5.41) is 2.88. The number of benzene rings is 2. The van der Waals surface area contributed by atoms with Gasteiger partial charge in [-0.1, -0.05) is 24.3 Å². The molecule has 0 spiro atoms. The van der Waals surface area contributed by atoms with Crippen LogP contribution in [0.15, 0.2) is 73.1 Å². The van der Waals surface area contributed by atoms with E-state index in [1.807, 2.05) is 55.8 Å². The van der Waals surface area contributed by atoms with E-state index in [1.54, 1.807) is 40.4 Å². The third-order valence-electron chi connectivity index (χ3n) is 5.24. The van der Waals surface area contributed by atoms with Crippen LogP contribution in [-0.4, -0.2) is 20.9 Å². The molecule has 31 heavy (non-hydrogen) atoms. The molecule has 0 aliphatic heterocycles. The molecule has 2 aromatic heterocycles. The number of nitrogens with zero attached hydrogens (tertiary/aromatic N) is 2. The van der Waals surface area contributed by atoms with E-state index in [0.29, 0.717) is 22.8 Å². The highest BCUT2D eigenvalue weighted by Crippen LogP contribution is 2.28. The average Bonchev–Trinajstić information content (AvgIpc) is 3.33. The maximum atomic E-state index is 12.7. The first-order chi connectivity index (χ1) is 14.8. The molecule has 0 saturated heterocycles. The summed E-state index contributed by atoms with van der Waals surface area (Å²) in [6.45, 7) is 0. The highest BCUT2D eigenvalue weighted by Gasteiger charge is 2.16. The van der Waals surface area contributed by atoms with Crippen LogP contribution in [0.25, 0.3) is 22.3 Å². The molecule has 7 heteroatoms. The van der Waals surface area contributed by atoms with Gasteiger partial charge in [0.1, 0.15) is 11.4 Å². The number of anilines is 2. The lowest BCUT2D eigenvalue weighted by Crippen LogP contribution is -2.16. The van der Waals surface area contributed by atoms with E-state index in [9.17, 15) is 9.59 Å². The van der Waals surface area contributed by atoms with E-state index >= 15 is 0 Å². The van der Waals surface area contributed by atoms with Crippen molar-refractivity contribution in [1.29, 1.82) is 0 Å². The molecule has 4 aromatic rings. The summed E-state index contributed by atoms with van der Waals surface area (Å²) in [5.41, 5.74) is 17.1. The van der Waals surface area contributed by atoms with Crippen molar-refractivity contribution < 1.29 is 9.59 Å². The Morgan fingerprint density at radius 1 is 0.839 bits per heavy atom. The molecular formula is C24H23N5O2. The summed E-state index contributed by atoms with van der Waals surface area (Å²) in [4.78, 5) is 24.5. The molecule has 0 unspecified atom stereocenters. The molecular weight excluding hydrogens is 390 g/mol. The van der Waals surface area contributed by atoms with Gasteiger partial charge < -0.3 is 25.9 Å². The standard InChI is InChI=1S/C24H23N5O2/c1-28-12-11-20(22(28)23(26)30)16-5-3-15(4-6-16)17-13-21(29(2)14-17)24(31)27-19-9-7-18(25)8-10-19/h3-14H,25H2,1-2H3,(H2,26,30)(H,27,31). The van der Waals surface area contributed by atoms with E-state index < -0.39 is 5.91 Å². The molecule has 4 rings (SSSR count). The van der Waals surface area contributed by atoms with Crippen LogP contribution in [0, 0.1) is 0 Å². The van der Waals surface area contributed by atoms with Gasteiger partial charge in [-0.15, -0.1) is 0 Å². The topological polar surface area (TPSA) is 108 Å². The number of hydrogen-bond acceptors (Lipinski definition) is 3. The Morgan fingerprint density at radius 2 is 1.48 bits per heavy atom. The van der Waals surface area contributed by atoms with Gasteiger partial charge in [-0.3, -0.25) is 9.59 Å². The minimum atomic E-state index is -0.466. The molecule has 2 amide bonds. The number of nitrogens with two attached hydrogens (primary N) is 2. The van der Waals surface area contributed by atoms with Crippen molar-refractivity contribution in [2.75, 3.05) is 11.1 Å². The number of aryl methyl sites for hydroxylation is 2. The third kappa shape index (κ3) is 3.93. The number of nitrogens with one attached hydrogen (secondary N) is 1. The number of nitrogen functional groups attached to an aromatic ring is 1. The summed E-state index contributed by atoms with van der Waals surface area (Å²) in [7, 11) is 3.62. The van der Waals surface area contributed by atoms with Gasteiger partial charge in [0.15, 0.2) is 0 Å². The SMILES string of the molecule is Cn1cc(-c2ccc(-c3ccn(C)c3C(N)=O)cc2)cc1C(=O)Nc1ccc(N)cc1. The van der Waals surface area contributed by atoms with Gasteiger partial charge in [-0.2, -0.15) is 0 Å². The summed E-state index contributed by atoms with van der Waals surface area (Å²) in [6, 6.07) is 18.5. The Kier molecular flexibility index (Phi) is 5.09. The number of amides is 2. The predicted octanol–water partition coefficient (Wildman–Crippen LogP) is 3.63. The zero-order valence-corrected chi connectivity index (χ0v) is 17.3. The average molecular weight is 413 g/mol. The Morgan fingerprint density at radius 3 is 2.13 bits per heavy atom. The van der Waals surface area contributed by atoms with E-state index in [4.69, 9.17) is 11.5 Å². The second-order valence-corrected chi connectivity index (χ2v) is 7.43. The van der Waals surface area contributed by atoms with Crippen molar-refractivity contribution >= 4 is 23.2 Å². The van der Waals surface area contributed by atoms with E-state index in [1.165, 1.54) is 0 Å². The van der Waals surface area contributed by atoms with Crippen LogP contribution in [0.5, 0.6) is 0 Å². The van der Waals surface area contributed by atoms with Gasteiger partial charge in [0.2, 0.25) is 0 Å². The number of carbonyl (C=O) groups excluding carboxylic acids is 2. The molecule has 2 aromatic carbocycles. The van der Waals surface area contributed by atoms with Crippen LogP contribution in [0.3, 0.4) is 0 Å². The summed E-state index contributed by atoms with van der Waals surface area (Å²) >= 11 is 0. The van der Waals surface area contributed by atoms with E-state index in [2.05, 4.69) is 5.32 Å². The fraction of sp³-hybridized carbons (Fsp3) is 0.0833. The lowest BCUT2D eigenvalue weighted by Gasteiger charge is -2.06. The fourth-order valence-electron chi connectivity index (χ4n) is 3.62. The van der Waals surface area contributed by atoms with E-state index in [0.717, 1.165) is 22.3 Å². The molecule has 0 fully saturated rings.